The second kappa shape index (κ2) is 9.98. The van der Waals surface area contributed by atoms with Gasteiger partial charge in [0.2, 0.25) is 5.16 Å². The molecular weight excluding hydrogens is 491 g/mol. The molecule has 0 aliphatic carbocycles. The molecule has 0 amide bonds. The van der Waals surface area contributed by atoms with Crippen LogP contribution in [0.3, 0.4) is 0 Å². The molecule has 12 heteroatoms. The van der Waals surface area contributed by atoms with Gasteiger partial charge in [-0.05, 0) is 42.8 Å². The summed E-state index contributed by atoms with van der Waals surface area (Å²) < 4.78 is 45.4. The molecule has 0 saturated carbocycles. The number of rotatable bonds is 7. The maximum absolute atomic E-state index is 12.9. The van der Waals surface area contributed by atoms with Crippen molar-refractivity contribution in [1.82, 2.24) is 24.6 Å². The van der Waals surface area contributed by atoms with Crippen LogP contribution in [0, 0.1) is 0 Å². The number of halogens is 4. The zero-order valence-electron chi connectivity index (χ0n) is 17.7. The van der Waals surface area contributed by atoms with Crippen LogP contribution in [0.5, 0.6) is 0 Å². The van der Waals surface area contributed by atoms with Gasteiger partial charge in [-0.2, -0.15) is 22.7 Å². The third-order valence-electron chi connectivity index (χ3n) is 4.78. The molecular formula is C22H17ClF3N5O2S. The normalized spacial score (nSPS) is 12.6. The first kappa shape index (κ1) is 24.0. The van der Waals surface area contributed by atoms with E-state index in [1.165, 1.54) is 10.7 Å². The number of ether oxygens (including phenoxy) is 1. The Kier molecular flexibility index (Phi) is 7.03. The average Bonchev–Trinajstić information content (AvgIpc) is 3.22. The summed E-state index contributed by atoms with van der Waals surface area (Å²) in [6, 6.07) is 11.9. The highest BCUT2D eigenvalue weighted by molar-refractivity contribution is 7.99. The van der Waals surface area contributed by atoms with E-state index in [0.717, 1.165) is 23.4 Å². The van der Waals surface area contributed by atoms with Crippen molar-refractivity contribution in [3.05, 3.63) is 76.7 Å². The Balaban J connectivity index is 1.68. The number of fused-ring (bicyclic) bond motifs is 1. The molecule has 4 aromatic rings. The SMILES string of the molecule is CCOC(=O)[C@H](Cc1ccccc1)c1ccnc2nc(Sc3ncc(C(F)(F)F)cc3Cl)nn12. The standard InChI is InChI=1S/C22H17ClF3N5O2S/c1-2-33-19(32)15(10-13-6-4-3-5-7-13)17-8-9-27-20-29-21(30-31(17)20)34-18-16(23)11-14(12-28-18)22(24,25)26/h3-9,11-12,15H,2,10H2,1H3/t15-/m1/s1. The molecule has 0 bridgehead atoms. The lowest BCUT2D eigenvalue weighted by molar-refractivity contribution is -0.145. The second-order valence-electron chi connectivity index (χ2n) is 7.08. The van der Waals surface area contributed by atoms with E-state index in [0.29, 0.717) is 18.3 Å². The largest absolute Gasteiger partial charge is 0.465 e. The molecule has 0 aliphatic rings. The minimum Gasteiger partial charge on any atom is -0.465 e. The molecule has 0 unspecified atom stereocenters. The number of hydrogen-bond acceptors (Lipinski definition) is 7. The number of esters is 1. The van der Waals surface area contributed by atoms with Crippen molar-refractivity contribution in [2.45, 2.75) is 35.6 Å². The van der Waals surface area contributed by atoms with Gasteiger partial charge in [0.15, 0.2) is 0 Å². The first-order chi connectivity index (χ1) is 16.3. The molecule has 0 saturated heterocycles. The van der Waals surface area contributed by atoms with Crippen molar-refractivity contribution >= 4 is 35.1 Å². The highest BCUT2D eigenvalue weighted by Gasteiger charge is 2.32. The third-order valence-corrected chi connectivity index (χ3v) is 6.06. The van der Waals surface area contributed by atoms with Crippen molar-refractivity contribution < 1.29 is 22.7 Å². The van der Waals surface area contributed by atoms with Crippen LogP contribution < -0.4 is 0 Å². The molecule has 0 N–H and O–H groups in total. The van der Waals surface area contributed by atoms with E-state index in [4.69, 9.17) is 16.3 Å². The van der Waals surface area contributed by atoms with Crippen LogP contribution in [0.25, 0.3) is 5.78 Å². The minimum atomic E-state index is -4.55. The number of benzene rings is 1. The van der Waals surface area contributed by atoms with Gasteiger partial charge in [-0.3, -0.25) is 4.79 Å². The molecule has 34 heavy (non-hydrogen) atoms. The zero-order chi connectivity index (χ0) is 24.3. The number of carbonyl (C=O) groups excluding carboxylic acids is 1. The summed E-state index contributed by atoms with van der Waals surface area (Å²) in [5.74, 6) is -0.887. The highest BCUT2D eigenvalue weighted by atomic mass is 35.5. The first-order valence-corrected chi connectivity index (χ1v) is 11.3. The number of nitrogens with zero attached hydrogens (tertiary/aromatic N) is 5. The fraction of sp³-hybridized carbons (Fsp3) is 0.227. The second-order valence-corrected chi connectivity index (χ2v) is 8.44. The maximum Gasteiger partial charge on any atom is 0.417 e. The minimum absolute atomic E-state index is 0.110. The molecule has 3 aromatic heterocycles. The van der Waals surface area contributed by atoms with Crippen LogP contribution in [-0.4, -0.2) is 37.1 Å². The summed E-state index contributed by atoms with van der Waals surface area (Å²) in [6.45, 7) is 1.94. The van der Waals surface area contributed by atoms with Crippen LogP contribution in [0.4, 0.5) is 13.2 Å². The van der Waals surface area contributed by atoms with Gasteiger partial charge in [-0.1, -0.05) is 41.9 Å². The molecule has 0 spiro atoms. The topological polar surface area (TPSA) is 82.3 Å². The Hall–Kier alpha value is -3.18. The van der Waals surface area contributed by atoms with Gasteiger partial charge >= 0.3 is 12.1 Å². The molecule has 7 nitrogen and oxygen atoms in total. The number of hydrogen-bond donors (Lipinski definition) is 0. The molecule has 0 fully saturated rings. The molecule has 4 rings (SSSR count). The Morgan fingerprint density at radius 1 is 1.21 bits per heavy atom. The third kappa shape index (κ3) is 5.31. The Morgan fingerprint density at radius 3 is 2.65 bits per heavy atom. The quantitative estimate of drug-likeness (QED) is 0.317. The van der Waals surface area contributed by atoms with E-state index in [-0.39, 0.29) is 27.6 Å². The summed E-state index contributed by atoms with van der Waals surface area (Å²) >= 11 is 6.90. The van der Waals surface area contributed by atoms with E-state index in [1.54, 1.807) is 13.0 Å². The van der Waals surface area contributed by atoms with Crippen molar-refractivity contribution in [2.75, 3.05) is 6.61 Å². The molecule has 0 aliphatic heterocycles. The summed E-state index contributed by atoms with van der Waals surface area (Å²) in [4.78, 5) is 25.1. The predicted molar refractivity (Wildman–Crippen MR) is 119 cm³/mol. The van der Waals surface area contributed by atoms with E-state index in [9.17, 15) is 18.0 Å². The number of alkyl halides is 3. The van der Waals surface area contributed by atoms with Crippen molar-refractivity contribution in [3.63, 3.8) is 0 Å². The lowest BCUT2D eigenvalue weighted by Gasteiger charge is -2.16. The van der Waals surface area contributed by atoms with E-state index < -0.39 is 23.6 Å². The average molecular weight is 508 g/mol. The molecule has 1 atom stereocenters. The van der Waals surface area contributed by atoms with Crippen LogP contribution in [0.15, 0.2) is 65.0 Å². The Bertz CT molecular complexity index is 1320. The summed E-state index contributed by atoms with van der Waals surface area (Å²) in [6.07, 6.45) is -1.98. The lowest BCUT2D eigenvalue weighted by Crippen LogP contribution is -2.21. The van der Waals surface area contributed by atoms with Gasteiger partial charge < -0.3 is 4.74 Å². The number of carbonyl (C=O) groups is 1. The summed E-state index contributed by atoms with van der Waals surface area (Å²) in [5, 5.41) is 4.50. The predicted octanol–water partition coefficient (Wildman–Crippen LogP) is 5.23. The van der Waals surface area contributed by atoms with E-state index in [1.807, 2.05) is 30.3 Å². The van der Waals surface area contributed by atoms with Crippen LogP contribution in [-0.2, 0) is 22.1 Å². The molecule has 1 aromatic carbocycles. The van der Waals surface area contributed by atoms with Gasteiger partial charge in [0.1, 0.15) is 10.9 Å². The van der Waals surface area contributed by atoms with Crippen LogP contribution >= 0.6 is 23.4 Å². The van der Waals surface area contributed by atoms with Gasteiger partial charge in [0.05, 0.1) is 22.9 Å². The van der Waals surface area contributed by atoms with Crippen LogP contribution in [0.2, 0.25) is 5.02 Å². The van der Waals surface area contributed by atoms with Gasteiger partial charge in [-0.25, -0.2) is 9.97 Å². The lowest BCUT2D eigenvalue weighted by atomic mass is 9.96. The Morgan fingerprint density at radius 2 is 1.97 bits per heavy atom. The number of pyridine rings is 1. The van der Waals surface area contributed by atoms with Gasteiger partial charge in [0.25, 0.3) is 5.78 Å². The van der Waals surface area contributed by atoms with E-state index >= 15 is 0 Å². The highest BCUT2D eigenvalue weighted by Crippen LogP contribution is 2.35. The van der Waals surface area contributed by atoms with Crippen molar-refractivity contribution in [3.8, 4) is 0 Å². The fourth-order valence-electron chi connectivity index (χ4n) is 3.24. The summed E-state index contributed by atoms with van der Waals surface area (Å²) in [7, 11) is 0. The zero-order valence-corrected chi connectivity index (χ0v) is 19.2. The van der Waals surface area contributed by atoms with Gasteiger partial charge in [-0.15, -0.1) is 5.10 Å². The molecule has 176 valence electrons. The fourth-order valence-corrected chi connectivity index (χ4v) is 4.21. The molecule has 3 heterocycles. The van der Waals surface area contributed by atoms with Gasteiger partial charge in [0, 0.05) is 12.4 Å². The molecule has 0 radical (unpaired) electrons. The van der Waals surface area contributed by atoms with E-state index in [2.05, 4.69) is 20.1 Å². The smallest absolute Gasteiger partial charge is 0.417 e. The van der Waals surface area contributed by atoms with Crippen molar-refractivity contribution in [2.24, 2.45) is 0 Å². The first-order valence-electron chi connectivity index (χ1n) is 10.1. The maximum atomic E-state index is 12.9. The Labute approximate surface area is 201 Å². The number of aromatic nitrogens is 5. The van der Waals surface area contributed by atoms with Crippen LogP contribution in [0.1, 0.15) is 29.7 Å². The van der Waals surface area contributed by atoms with Crippen molar-refractivity contribution in [1.29, 1.82) is 0 Å². The summed E-state index contributed by atoms with van der Waals surface area (Å²) in [5.41, 5.74) is 0.492. The monoisotopic (exact) mass is 507 g/mol.